The Balaban J connectivity index is 2.00. The largest absolute Gasteiger partial charge is 0.469 e. The number of likely N-dealkylation sites (N-methyl/N-ethyl adjacent to an activating group) is 1. The molecule has 6 nitrogen and oxygen atoms in total. The summed E-state index contributed by atoms with van der Waals surface area (Å²) < 4.78 is 10.4. The third-order valence-electron chi connectivity index (χ3n) is 4.51. The molecule has 1 aliphatic rings. The molecule has 0 aromatic carbocycles. The van der Waals surface area contributed by atoms with E-state index >= 15 is 0 Å². The minimum absolute atomic E-state index is 0.000977. The zero-order valence-corrected chi connectivity index (χ0v) is 14.3. The molecule has 1 N–H and O–H groups in total. The third kappa shape index (κ3) is 4.80. The molecule has 1 aromatic heterocycles. The number of carbonyl (C=O) groups is 1. The summed E-state index contributed by atoms with van der Waals surface area (Å²) in [7, 11) is 3.76. The second-order valence-corrected chi connectivity index (χ2v) is 6.51. The van der Waals surface area contributed by atoms with E-state index in [1.165, 1.54) is 0 Å². The maximum Gasteiger partial charge on any atom is 0.257 e. The smallest absolute Gasteiger partial charge is 0.257 e. The van der Waals surface area contributed by atoms with Gasteiger partial charge in [-0.1, -0.05) is 0 Å². The second-order valence-electron chi connectivity index (χ2n) is 6.51. The van der Waals surface area contributed by atoms with Gasteiger partial charge in [0.15, 0.2) is 0 Å². The highest BCUT2D eigenvalue weighted by Crippen LogP contribution is 2.24. The van der Waals surface area contributed by atoms with E-state index in [9.17, 15) is 9.90 Å². The molecular weight excluding hydrogens is 296 g/mol. The Morgan fingerprint density at radius 2 is 2.22 bits per heavy atom. The Bertz CT molecular complexity index is 503. The summed E-state index contributed by atoms with van der Waals surface area (Å²) in [6.45, 7) is 5.71. The Hall–Kier alpha value is -1.37. The summed E-state index contributed by atoms with van der Waals surface area (Å²) in [4.78, 5) is 16.8. The van der Waals surface area contributed by atoms with Gasteiger partial charge in [-0.15, -0.1) is 0 Å². The highest BCUT2D eigenvalue weighted by atomic mass is 16.5. The number of piperidine rings is 1. The van der Waals surface area contributed by atoms with Crippen molar-refractivity contribution in [3.8, 4) is 0 Å². The van der Waals surface area contributed by atoms with Crippen LogP contribution in [0.2, 0.25) is 0 Å². The average Bonchev–Trinajstić information content (AvgIpc) is 2.97. The van der Waals surface area contributed by atoms with Gasteiger partial charge in [-0.2, -0.15) is 0 Å². The number of rotatable bonds is 7. The predicted molar refractivity (Wildman–Crippen MR) is 87.4 cm³/mol. The number of nitrogens with zero attached hydrogens (tertiary/aromatic N) is 2. The van der Waals surface area contributed by atoms with E-state index in [0.717, 1.165) is 26.1 Å². The summed E-state index contributed by atoms with van der Waals surface area (Å²) in [6, 6.07) is 1.72. The van der Waals surface area contributed by atoms with E-state index in [4.69, 9.17) is 9.15 Å². The van der Waals surface area contributed by atoms with E-state index in [0.29, 0.717) is 30.4 Å². The van der Waals surface area contributed by atoms with Gasteiger partial charge in [0.2, 0.25) is 0 Å². The van der Waals surface area contributed by atoms with Crippen molar-refractivity contribution in [3.05, 3.63) is 23.7 Å². The first-order chi connectivity index (χ1) is 11.0. The number of hydrogen-bond acceptors (Lipinski definition) is 5. The number of methoxy groups -OCH3 is 1. The molecule has 0 unspecified atom stereocenters. The van der Waals surface area contributed by atoms with Gasteiger partial charge in [0, 0.05) is 39.9 Å². The van der Waals surface area contributed by atoms with Crippen molar-refractivity contribution >= 4 is 5.91 Å². The standard InChI is InChI=1S/C17H28N2O4/c1-13-16(4-6-23-13)17(21)19-10-14(8-15(11-19)12-20)9-18(2)5-7-22-3/h4,6,14-15,20H,5,7-12H2,1-3H3/t14-,15-/m1/s1. The van der Waals surface area contributed by atoms with Gasteiger partial charge in [0.25, 0.3) is 5.91 Å². The van der Waals surface area contributed by atoms with Gasteiger partial charge in [-0.25, -0.2) is 0 Å². The number of carbonyl (C=O) groups excluding carboxylic acids is 1. The van der Waals surface area contributed by atoms with Crippen LogP contribution < -0.4 is 0 Å². The van der Waals surface area contributed by atoms with E-state index in [1.807, 2.05) is 4.90 Å². The molecule has 0 spiro atoms. The summed E-state index contributed by atoms with van der Waals surface area (Å²) >= 11 is 0. The number of aryl methyl sites for hydroxylation is 1. The minimum atomic E-state index is -0.000977. The molecule has 6 heteroatoms. The molecule has 1 aromatic rings. The van der Waals surface area contributed by atoms with Crippen molar-refractivity contribution < 1.29 is 19.1 Å². The zero-order valence-electron chi connectivity index (χ0n) is 14.3. The molecule has 1 saturated heterocycles. The monoisotopic (exact) mass is 324 g/mol. The van der Waals surface area contributed by atoms with E-state index in [-0.39, 0.29) is 18.4 Å². The first-order valence-electron chi connectivity index (χ1n) is 8.16. The van der Waals surface area contributed by atoms with Gasteiger partial charge < -0.3 is 24.1 Å². The SMILES string of the molecule is COCCN(C)C[C@H]1C[C@@H](CO)CN(C(=O)c2ccoc2C)C1. The lowest BCUT2D eigenvalue weighted by atomic mass is 9.89. The van der Waals surface area contributed by atoms with Crippen LogP contribution in [0.3, 0.4) is 0 Å². The maximum absolute atomic E-state index is 12.7. The molecule has 23 heavy (non-hydrogen) atoms. The molecule has 0 radical (unpaired) electrons. The van der Waals surface area contributed by atoms with Crippen LogP contribution in [0.5, 0.6) is 0 Å². The molecule has 1 fully saturated rings. The van der Waals surface area contributed by atoms with Crippen molar-refractivity contribution in [2.24, 2.45) is 11.8 Å². The quantitative estimate of drug-likeness (QED) is 0.817. The fraction of sp³-hybridized carbons (Fsp3) is 0.706. The van der Waals surface area contributed by atoms with Crippen LogP contribution in [0.15, 0.2) is 16.7 Å². The number of aliphatic hydroxyl groups excluding tert-OH is 1. The minimum Gasteiger partial charge on any atom is -0.469 e. The summed E-state index contributed by atoms with van der Waals surface area (Å²) in [5, 5.41) is 9.58. The van der Waals surface area contributed by atoms with Gasteiger partial charge in [0.1, 0.15) is 5.76 Å². The van der Waals surface area contributed by atoms with Gasteiger partial charge in [-0.05, 0) is 38.3 Å². The van der Waals surface area contributed by atoms with Gasteiger partial charge in [-0.3, -0.25) is 4.79 Å². The topological polar surface area (TPSA) is 66.2 Å². The van der Waals surface area contributed by atoms with E-state index < -0.39 is 0 Å². The van der Waals surface area contributed by atoms with Crippen LogP contribution in [0.1, 0.15) is 22.5 Å². The summed E-state index contributed by atoms with van der Waals surface area (Å²) in [5.74, 6) is 1.15. The molecular formula is C17H28N2O4. The van der Waals surface area contributed by atoms with Gasteiger partial charge >= 0.3 is 0 Å². The lowest BCUT2D eigenvalue weighted by Crippen LogP contribution is -2.47. The molecule has 0 bridgehead atoms. The maximum atomic E-state index is 12.7. The number of likely N-dealkylation sites (tertiary alicyclic amines) is 1. The van der Waals surface area contributed by atoms with E-state index in [2.05, 4.69) is 11.9 Å². The zero-order chi connectivity index (χ0) is 16.8. The van der Waals surface area contributed by atoms with Crippen molar-refractivity contribution in [3.63, 3.8) is 0 Å². The van der Waals surface area contributed by atoms with Crippen LogP contribution in [-0.4, -0.2) is 74.4 Å². The number of furan rings is 1. The molecule has 2 heterocycles. The molecule has 1 amide bonds. The lowest BCUT2D eigenvalue weighted by Gasteiger charge is -2.38. The molecule has 2 rings (SSSR count). The molecule has 1 aliphatic heterocycles. The number of aliphatic hydroxyl groups is 1. The van der Waals surface area contributed by atoms with Crippen molar-refractivity contribution in [1.82, 2.24) is 9.80 Å². The molecule has 0 aliphatic carbocycles. The van der Waals surface area contributed by atoms with E-state index in [1.54, 1.807) is 26.4 Å². The van der Waals surface area contributed by atoms with Crippen LogP contribution in [0.25, 0.3) is 0 Å². The second kappa shape index (κ2) is 8.47. The average molecular weight is 324 g/mol. The van der Waals surface area contributed by atoms with Gasteiger partial charge in [0.05, 0.1) is 18.4 Å². The summed E-state index contributed by atoms with van der Waals surface area (Å²) in [6.07, 6.45) is 2.49. The molecule has 0 saturated carbocycles. The Morgan fingerprint density at radius 3 is 2.83 bits per heavy atom. The number of ether oxygens (including phenoxy) is 1. The highest BCUT2D eigenvalue weighted by Gasteiger charge is 2.31. The lowest BCUT2D eigenvalue weighted by molar-refractivity contribution is 0.0449. The Kier molecular flexibility index (Phi) is 6.62. The fourth-order valence-corrected chi connectivity index (χ4v) is 3.31. The molecule has 2 atom stereocenters. The van der Waals surface area contributed by atoms with Crippen LogP contribution >= 0.6 is 0 Å². The number of amides is 1. The van der Waals surface area contributed by atoms with Crippen LogP contribution in [0, 0.1) is 18.8 Å². The third-order valence-corrected chi connectivity index (χ3v) is 4.51. The highest BCUT2D eigenvalue weighted by molar-refractivity contribution is 5.95. The van der Waals surface area contributed by atoms with Crippen molar-refractivity contribution in [2.45, 2.75) is 13.3 Å². The fourth-order valence-electron chi connectivity index (χ4n) is 3.31. The van der Waals surface area contributed by atoms with Crippen LogP contribution in [-0.2, 0) is 4.74 Å². The van der Waals surface area contributed by atoms with Crippen molar-refractivity contribution in [2.75, 3.05) is 53.6 Å². The normalized spacial score (nSPS) is 21.9. The molecule has 130 valence electrons. The predicted octanol–water partition coefficient (Wildman–Crippen LogP) is 1.24. The Morgan fingerprint density at radius 1 is 1.48 bits per heavy atom. The Labute approximate surface area is 138 Å². The first-order valence-corrected chi connectivity index (χ1v) is 8.16. The summed E-state index contributed by atoms with van der Waals surface area (Å²) in [5.41, 5.74) is 0.620. The number of hydrogen-bond donors (Lipinski definition) is 1. The van der Waals surface area contributed by atoms with Crippen molar-refractivity contribution in [1.29, 1.82) is 0 Å². The first kappa shape index (κ1) is 18.0. The van der Waals surface area contributed by atoms with Crippen LogP contribution in [0.4, 0.5) is 0 Å².